The highest BCUT2D eigenvalue weighted by Gasteiger charge is 2.23. The van der Waals surface area contributed by atoms with Gasteiger partial charge < -0.3 is 16.4 Å². The van der Waals surface area contributed by atoms with Crippen molar-refractivity contribution in [2.24, 2.45) is 11.7 Å². The number of anilines is 1. The van der Waals surface area contributed by atoms with Gasteiger partial charge in [0.15, 0.2) is 0 Å². The van der Waals surface area contributed by atoms with Crippen LogP contribution in [0.25, 0.3) is 0 Å². The Morgan fingerprint density at radius 3 is 2.53 bits per heavy atom. The van der Waals surface area contributed by atoms with Crippen LogP contribution in [0.5, 0.6) is 0 Å². The van der Waals surface area contributed by atoms with Crippen LogP contribution in [0, 0.1) is 5.92 Å². The van der Waals surface area contributed by atoms with Gasteiger partial charge in [0.2, 0.25) is 0 Å². The van der Waals surface area contributed by atoms with E-state index in [1.165, 1.54) is 32.1 Å². The molecule has 1 atom stereocenters. The molecule has 0 aromatic heterocycles. The Bertz CT molecular complexity index is 388. The molecule has 0 bridgehead atoms. The minimum atomic E-state index is -0.160. The average Bonchev–Trinajstić information content (AvgIpc) is 2.47. The second kappa shape index (κ2) is 7.14. The average molecular weight is 261 g/mol. The number of carbonyl (C=O) groups is 1. The van der Waals surface area contributed by atoms with Gasteiger partial charge in [0.1, 0.15) is 0 Å². The van der Waals surface area contributed by atoms with E-state index in [1.54, 1.807) is 0 Å². The lowest BCUT2D eigenvalue weighted by Gasteiger charge is -2.30. The summed E-state index contributed by atoms with van der Waals surface area (Å²) >= 11 is 0. The summed E-state index contributed by atoms with van der Waals surface area (Å²) in [5.41, 5.74) is 6.61. The molecule has 0 spiro atoms. The third-order valence-electron chi connectivity index (χ3n) is 3.82. The molecule has 0 radical (unpaired) electrons. The number of hydrogen-bond donors (Lipinski definition) is 3. The SMILES string of the molecule is NCC(NC(=O)Nc1ccccc1)C1CCCCC1. The number of carbonyl (C=O) groups excluding carboxylic acids is 1. The van der Waals surface area contributed by atoms with Crippen molar-refractivity contribution >= 4 is 11.7 Å². The van der Waals surface area contributed by atoms with Gasteiger partial charge in [0.05, 0.1) is 0 Å². The van der Waals surface area contributed by atoms with Crippen LogP contribution in [0.4, 0.5) is 10.5 Å². The Labute approximate surface area is 114 Å². The van der Waals surface area contributed by atoms with Crippen molar-refractivity contribution in [1.29, 1.82) is 0 Å². The van der Waals surface area contributed by atoms with Crippen molar-refractivity contribution in [2.75, 3.05) is 11.9 Å². The monoisotopic (exact) mass is 261 g/mol. The van der Waals surface area contributed by atoms with Crippen LogP contribution < -0.4 is 16.4 Å². The quantitative estimate of drug-likeness (QED) is 0.780. The van der Waals surface area contributed by atoms with Crippen molar-refractivity contribution in [3.05, 3.63) is 30.3 Å². The van der Waals surface area contributed by atoms with Crippen LogP contribution in [-0.2, 0) is 0 Å². The molecule has 2 rings (SSSR count). The van der Waals surface area contributed by atoms with E-state index in [0.29, 0.717) is 12.5 Å². The van der Waals surface area contributed by atoms with E-state index in [2.05, 4.69) is 10.6 Å². The summed E-state index contributed by atoms with van der Waals surface area (Å²) in [4.78, 5) is 11.9. The largest absolute Gasteiger partial charge is 0.334 e. The van der Waals surface area contributed by atoms with E-state index in [0.717, 1.165) is 5.69 Å². The Hall–Kier alpha value is -1.55. The van der Waals surface area contributed by atoms with Crippen molar-refractivity contribution < 1.29 is 4.79 Å². The summed E-state index contributed by atoms with van der Waals surface area (Å²) in [7, 11) is 0. The van der Waals surface area contributed by atoms with Gasteiger partial charge in [-0.15, -0.1) is 0 Å². The summed E-state index contributed by atoms with van der Waals surface area (Å²) < 4.78 is 0. The highest BCUT2D eigenvalue weighted by atomic mass is 16.2. The molecule has 1 aliphatic carbocycles. The van der Waals surface area contributed by atoms with Gasteiger partial charge >= 0.3 is 6.03 Å². The van der Waals surface area contributed by atoms with Crippen LogP contribution in [0.3, 0.4) is 0 Å². The van der Waals surface area contributed by atoms with Crippen LogP contribution in [0.2, 0.25) is 0 Å². The second-order valence-corrected chi connectivity index (χ2v) is 5.20. The second-order valence-electron chi connectivity index (χ2n) is 5.20. The van der Waals surface area contributed by atoms with Crippen LogP contribution >= 0.6 is 0 Å². The summed E-state index contributed by atoms with van der Waals surface area (Å²) in [5, 5.41) is 5.85. The van der Waals surface area contributed by atoms with Gasteiger partial charge in [-0.1, -0.05) is 37.5 Å². The maximum atomic E-state index is 11.9. The smallest absolute Gasteiger partial charge is 0.319 e. The zero-order valence-electron chi connectivity index (χ0n) is 11.3. The van der Waals surface area contributed by atoms with E-state index < -0.39 is 0 Å². The molecule has 4 nitrogen and oxygen atoms in total. The summed E-state index contributed by atoms with van der Waals surface area (Å²) in [6.07, 6.45) is 6.16. The van der Waals surface area contributed by atoms with E-state index in [9.17, 15) is 4.79 Å². The number of nitrogens with two attached hydrogens (primary N) is 1. The lowest BCUT2D eigenvalue weighted by Crippen LogP contribution is -2.47. The predicted molar refractivity (Wildman–Crippen MR) is 78.0 cm³/mol. The van der Waals surface area contributed by atoms with E-state index >= 15 is 0 Å². The normalized spacial score (nSPS) is 17.7. The number of nitrogens with one attached hydrogen (secondary N) is 2. The third kappa shape index (κ3) is 4.24. The standard InChI is InChI=1S/C15H23N3O/c16-11-14(12-7-3-1-4-8-12)18-15(19)17-13-9-5-2-6-10-13/h2,5-6,9-10,12,14H,1,3-4,7-8,11,16H2,(H2,17,18,19). The first kappa shape index (κ1) is 13.9. The molecule has 19 heavy (non-hydrogen) atoms. The highest BCUT2D eigenvalue weighted by molar-refractivity contribution is 5.89. The first-order valence-corrected chi connectivity index (χ1v) is 7.12. The summed E-state index contributed by atoms with van der Waals surface area (Å²) in [6, 6.07) is 9.40. The fourth-order valence-corrected chi connectivity index (χ4v) is 2.76. The lowest BCUT2D eigenvalue weighted by atomic mass is 9.84. The van der Waals surface area contributed by atoms with Gasteiger partial charge in [-0.2, -0.15) is 0 Å². The number of rotatable bonds is 4. The van der Waals surface area contributed by atoms with Gasteiger partial charge in [0.25, 0.3) is 0 Å². The van der Waals surface area contributed by atoms with Crippen LogP contribution in [0.15, 0.2) is 30.3 Å². The molecular weight excluding hydrogens is 238 g/mol. The number of benzene rings is 1. The van der Waals surface area contributed by atoms with E-state index in [4.69, 9.17) is 5.73 Å². The van der Waals surface area contributed by atoms with Crippen molar-refractivity contribution in [3.63, 3.8) is 0 Å². The molecule has 4 N–H and O–H groups in total. The molecule has 0 aliphatic heterocycles. The number of urea groups is 1. The summed E-state index contributed by atoms with van der Waals surface area (Å²) in [6.45, 7) is 0.507. The molecule has 0 heterocycles. The molecule has 4 heteroatoms. The molecule has 1 aliphatic rings. The highest BCUT2D eigenvalue weighted by Crippen LogP contribution is 2.26. The van der Waals surface area contributed by atoms with Gasteiger partial charge in [-0.25, -0.2) is 4.79 Å². The van der Waals surface area contributed by atoms with Gasteiger partial charge in [-0.3, -0.25) is 0 Å². The van der Waals surface area contributed by atoms with Crippen molar-refractivity contribution in [3.8, 4) is 0 Å². The Morgan fingerprint density at radius 1 is 1.21 bits per heavy atom. The molecule has 1 aromatic rings. The maximum absolute atomic E-state index is 11.9. The molecule has 1 unspecified atom stereocenters. The molecule has 2 amide bonds. The molecule has 1 fully saturated rings. The van der Waals surface area contributed by atoms with Gasteiger partial charge in [0, 0.05) is 18.3 Å². The Balaban J connectivity index is 1.85. The minimum absolute atomic E-state index is 0.0870. The fraction of sp³-hybridized carbons (Fsp3) is 0.533. The Kier molecular flexibility index (Phi) is 5.21. The topological polar surface area (TPSA) is 67.1 Å². The minimum Gasteiger partial charge on any atom is -0.334 e. The third-order valence-corrected chi connectivity index (χ3v) is 3.82. The first-order chi connectivity index (χ1) is 9.29. The van der Waals surface area contributed by atoms with Crippen molar-refractivity contribution in [2.45, 2.75) is 38.1 Å². The Morgan fingerprint density at radius 2 is 1.89 bits per heavy atom. The lowest BCUT2D eigenvalue weighted by molar-refractivity contribution is 0.233. The first-order valence-electron chi connectivity index (χ1n) is 7.12. The van der Waals surface area contributed by atoms with Gasteiger partial charge in [-0.05, 0) is 30.9 Å². The molecule has 1 saturated carbocycles. The van der Waals surface area contributed by atoms with E-state index in [1.807, 2.05) is 30.3 Å². The van der Waals surface area contributed by atoms with E-state index in [-0.39, 0.29) is 12.1 Å². The molecule has 0 saturated heterocycles. The molecular formula is C15H23N3O. The summed E-state index contributed by atoms with van der Waals surface area (Å²) in [5.74, 6) is 0.528. The fourth-order valence-electron chi connectivity index (χ4n) is 2.76. The van der Waals surface area contributed by atoms with Crippen molar-refractivity contribution in [1.82, 2.24) is 5.32 Å². The number of hydrogen-bond acceptors (Lipinski definition) is 2. The number of amides is 2. The van der Waals surface area contributed by atoms with Crippen LogP contribution in [-0.4, -0.2) is 18.6 Å². The molecule has 1 aromatic carbocycles. The molecule has 104 valence electrons. The number of para-hydroxylation sites is 1. The van der Waals surface area contributed by atoms with Crippen LogP contribution in [0.1, 0.15) is 32.1 Å². The zero-order chi connectivity index (χ0) is 13.5. The predicted octanol–water partition coefficient (Wildman–Crippen LogP) is 2.72. The zero-order valence-corrected chi connectivity index (χ0v) is 11.3. The maximum Gasteiger partial charge on any atom is 0.319 e.